The van der Waals surface area contributed by atoms with Gasteiger partial charge >= 0.3 is 6.18 Å². The standard InChI is InChI=1S/C28H30ClF3N4O3/c1-17-13-19(25-33-14-21(29)15-34-25)6-9-23(17)24(10-11-28(30,31)32)35-22-7-4-18(5-8-22)26(37)36-12-2-3-20(16-36)27(38)39/h4-9,13-15,20,24,27,35,38-39H,2-3,10-12,16H2,1H3/t20-,24?/m1/s1. The van der Waals surface area contributed by atoms with Crippen molar-refractivity contribution < 1.29 is 28.2 Å². The second-order valence-electron chi connectivity index (χ2n) is 9.79. The Morgan fingerprint density at radius 2 is 1.85 bits per heavy atom. The number of hydrogen-bond acceptors (Lipinski definition) is 6. The van der Waals surface area contributed by atoms with Crippen LogP contribution in [-0.2, 0) is 0 Å². The number of hydrogen-bond donors (Lipinski definition) is 3. The van der Waals surface area contributed by atoms with Gasteiger partial charge in [-0.2, -0.15) is 13.2 Å². The molecule has 3 aromatic rings. The Hall–Kier alpha value is -3.21. The van der Waals surface area contributed by atoms with E-state index in [1.807, 2.05) is 13.0 Å². The fourth-order valence-electron chi connectivity index (χ4n) is 4.81. The van der Waals surface area contributed by atoms with E-state index in [0.717, 1.165) is 11.1 Å². The summed E-state index contributed by atoms with van der Waals surface area (Å²) in [5.41, 5.74) is 3.20. The number of aliphatic hydroxyl groups excluding tert-OH is 1. The third-order valence-corrected chi connectivity index (χ3v) is 7.07. The van der Waals surface area contributed by atoms with Gasteiger partial charge in [-0.3, -0.25) is 4.79 Å². The largest absolute Gasteiger partial charge is 0.389 e. The Bertz CT molecular complexity index is 1270. The molecule has 1 saturated heterocycles. The molecule has 0 radical (unpaired) electrons. The molecule has 2 aromatic carbocycles. The topological polar surface area (TPSA) is 98.6 Å². The maximum atomic E-state index is 13.2. The maximum absolute atomic E-state index is 13.2. The SMILES string of the molecule is Cc1cc(-c2ncc(Cl)cn2)ccc1C(CCC(F)(F)F)Nc1ccc(C(=O)N2CCC[C@@H](C(O)O)C2)cc1. The van der Waals surface area contributed by atoms with Gasteiger partial charge in [-0.1, -0.05) is 23.7 Å². The molecule has 1 aliphatic rings. The highest BCUT2D eigenvalue weighted by Crippen LogP contribution is 2.33. The average molecular weight is 563 g/mol. The summed E-state index contributed by atoms with van der Waals surface area (Å²) in [6.07, 6.45) is -2.65. The number of carbonyl (C=O) groups excluding carboxylic acids is 1. The molecule has 0 aliphatic carbocycles. The third kappa shape index (κ3) is 7.68. The Balaban J connectivity index is 1.51. The van der Waals surface area contributed by atoms with Gasteiger partial charge < -0.3 is 20.4 Å². The van der Waals surface area contributed by atoms with E-state index in [1.165, 1.54) is 12.4 Å². The molecule has 0 saturated carbocycles. The van der Waals surface area contributed by atoms with Crippen LogP contribution in [0.2, 0.25) is 5.02 Å². The quantitative estimate of drug-likeness (QED) is 0.302. The summed E-state index contributed by atoms with van der Waals surface area (Å²) in [5, 5.41) is 22.6. The zero-order valence-electron chi connectivity index (χ0n) is 21.3. The molecule has 3 N–H and O–H groups in total. The first-order valence-corrected chi connectivity index (χ1v) is 13.0. The lowest BCUT2D eigenvalue weighted by Gasteiger charge is -2.33. The zero-order valence-corrected chi connectivity index (χ0v) is 22.1. The van der Waals surface area contributed by atoms with Crippen molar-refractivity contribution in [1.82, 2.24) is 14.9 Å². The molecule has 39 heavy (non-hydrogen) atoms. The number of nitrogens with one attached hydrogen (secondary N) is 1. The summed E-state index contributed by atoms with van der Waals surface area (Å²) < 4.78 is 39.5. The number of benzene rings is 2. The molecule has 1 fully saturated rings. The molecule has 0 spiro atoms. The zero-order chi connectivity index (χ0) is 28.2. The maximum Gasteiger partial charge on any atom is 0.389 e. The van der Waals surface area contributed by atoms with Gasteiger partial charge in [0.05, 0.1) is 11.1 Å². The fourth-order valence-corrected chi connectivity index (χ4v) is 4.91. The van der Waals surface area contributed by atoms with E-state index in [2.05, 4.69) is 15.3 Å². The van der Waals surface area contributed by atoms with E-state index in [9.17, 15) is 28.2 Å². The highest BCUT2D eigenvalue weighted by molar-refractivity contribution is 6.30. The average Bonchev–Trinajstić information content (AvgIpc) is 2.91. The minimum absolute atomic E-state index is 0.180. The summed E-state index contributed by atoms with van der Waals surface area (Å²) in [6.45, 7) is 2.61. The second-order valence-corrected chi connectivity index (χ2v) is 10.2. The number of alkyl halides is 3. The van der Waals surface area contributed by atoms with Crippen LogP contribution in [0.15, 0.2) is 54.9 Å². The van der Waals surface area contributed by atoms with Gasteiger partial charge in [-0.15, -0.1) is 0 Å². The number of carbonyl (C=O) groups is 1. The molecule has 0 bridgehead atoms. The minimum atomic E-state index is -4.31. The van der Waals surface area contributed by atoms with Crippen LogP contribution in [0.3, 0.4) is 0 Å². The normalized spacial score (nSPS) is 16.8. The van der Waals surface area contributed by atoms with Crippen LogP contribution in [0.4, 0.5) is 18.9 Å². The van der Waals surface area contributed by atoms with Gasteiger partial charge in [-0.25, -0.2) is 9.97 Å². The number of aliphatic hydroxyl groups is 2. The first kappa shape index (κ1) is 28.8. The van der Waals surface area contributed by atoms with Crippen molar-refractivity contribution >= 4 is 23.2 Å². The molecule has 1 aliphatic heterocycles. The van der Waals surface area contributed by atoms with Crippen LogP contribution in [0.1, 0.15) is 53.2 Å². The molecule has 1 unspecified atom stereocenters. The number of halogens is 4. The number of aromatic nitrogens is 2. The number of aryl methyl sites for hydroxylation is 1. The van der Waals surface area contributed by atoms with Crippen molar-refractivity contribution in [2.24, 2.45) is 5.92 Å². The Morgan fingerprint density at radius 3 is 2.46 bits per heavy atom. The number of nitrogens with zero attached hydrogens (tertiary/aromatic N) is 3. The van der Waals surface area contributed by atoms with Crippen LogP contribution >= 0.6 is 11.6 Å². The molecule has 11 heteroatoms. The van der Waals surface area contributed by atoms with Gasteiger partial charge in [0.25, 0.3) is 5.91 Å². The van der Waals surface area contributed by atoms with Gasteiger partial charge in [0.1, 0.15) is 0 Å². The van der Waals surface area contributed by atoms with Crippen LogP contribution in [0.5, 0.6) is 0 Å². The van der Waals surface area contributed by atoms with E-state index in [4.69, 9.17) is 11.6 Å². The van der Waals surface area contributed by atoms with Crippen molar-refractivity contribution in [2.45, 2.75) is 51.1 Å². The lowest BCUT2D eigenvalue weighted by Crippen LogP contribution is -2.43. The molecule has 2 atom stereocenters. The van der Waals surface area contributed by atoms with Gasteiger partial charge in [-0.05, 0) is 67.6 Å². The highest BCUT2D eigenvalue weighted by atomic mass is 35.5. The fraction of sp³-hybridized carbons (Fsp3) is 0.393. The molecule has 1 amide bonds. The van der Waals surface area contributed by atoms with Crippen LogP contribution in [-0.4, -0.2) is 56.5 Å². The van der Waals surface area contributed by atoms with E-state index < -0.39 is 24.9 Å². The highest BCUT2D eigenvalue weighted by Gasteiger charge is 2.30. The predicted molar refractivity (Wildman–Crippen MR) is 142 cm³/mol. The molecular formula is C28H30ClF3N4O3. The van der Waals surface area contributed by atoms with Crippen LogP contribution in [0.25, 0.3) is 11.4 Å². The molecule has 208 valence electrons. The first-order chi connectivity index (χ1) is 18.5. The van der Waals surface area contributed by atoms with Crippen LogP contribution in [0, 0.1) is 12.8 Å². The molecule has 7 nitrogen and oxygen atoms in total. The smallest absolute Gasteiger partial charge is 0.378 e. The van der Waals surface area contributed by atoms with E-state index in [0.29, 0.717) is 47.0 Å². The Morgan fingerprint density at radius 1 is 1.15 bits per heavy atom. The van der Waals surface area contributed by atoms with Gasteiger partial charge in [0.15, 0.2) is 12.1 Å². The van der Waals surface area contributed by atoms with Crippen LogP contribution < -0.4 is 5.32 Å². The van der Waals surface area contributed by atoms with Gasteiger partial charge in [0.2, 0.25) is 0 Å². The van der Waals surface area contributed by atoms with Crippen molar-refractivity contribution in [3.8, 4) is 11.4 Å². The predicted octanol–water partition coefficient (Wildman–Crippen LogP) is 5.76. The summed E-state index contributed by atoms with van der Waals surface area (Å²) in [6, 6.07) is 11.3. The van der Waals surface area contributed by atoms with Crippen molar-refractivity contribution in [2.75, 3.05) is 18.4 Å². The number of amides is 1. The summed E-state index contributed by atoms with van der Waals surface area (Å²) in [5.74, 6) is -0.155. The summed E-state index contributed by atoms with van der Waals surface area (Å²) in [7, 11) is 0. The lowest BCUT2D eigenvalue weighted by atomic mass is 9.95. The van der Waals surface area contributed by atoms with Crippen molar-refractivity contribution in [1.29, 1.82) is 0 Å². The number of piperidine rings is 1. The first-order valence-electron chi connectivity index (χ1n) is 12.7. The van der Waals surface area contributed by atoms with Crippen molar-refractivity contribution in [3.63, 3.8) is 0 Å². The number of rotatable bonds is 8. The van der Waals surface area contributed by atoms with E-state index >= 15 is 0 Å². The van der Waals surface area contributed by atoms with Crippen molar-refractivity contribution in [3.05, 3.63) is 76.6 Å². The lowest BCUT2D eigenvalue weighted by molar-refractivity contribution is -0.136. The summed E-state index contributed by atoms with van der Waals surface area (Å²) in [4.78, 5) is 23.0. The monoisotopic (exact) mass is 562 g/mol. The second kappa shape index (κ2) is 12.3. The Labute approximate surface area is 229 Å². The number of likely N-dealkylation sites (tertiary alicyclic amines) is 1. The number of anilines is 1. The van der Waals surface area contributed by atoms with E-state index in [1.54, 1.807) is 41.3 Å². The Kier molecular flexibility index (Phi) is 9.09. The molecule has 4 rings (SSSR count). The molecule has 2 heterocycles. The van der Waals surface area contributed by atoms with E-state index in [-0.39, 0.29) is 24.8 Å². The molecule has 1 aromatic heterocycles. The third-order valence-electron chi connectivity index (χ3n) is 6.88. The van der Waals surface area contributed by atoms with Gasteiger partial charge in [0, 0.05) is 54.6 Å². The summed E-state index contributed by atoms with van der Waals surface area (Å²) >= 11 is 5.86. The molecular weight excluding hydrogens is 533 g/mol. The minimum Gasteiger partial charge on any atom is -0.378 e.